The van der Waals surface area contributed by atoms with Gasteiger partial charge >= 0.3 is 5.97 Å². The summed E-state index contributed by atoms with van der Waals surface area (Å²) in [7, 11) is 0. The van der Waals surface area contributed by atoms with E-state index in [9.17, 15) is 4.79 Å². The molecule has 80 valence electrons. The van der Waals surface area contributed by atoms with Gasteiger partial charge in [0.15, 0.2) is 6.73 Å². The summed E-state index contributed by atoms with van der Waals surface area (Å²) in [5.74, 6) is 4.25. The fourth-order valence-electron chi connectivity index (χ4n) is 0.924. The smallest absolute Gasteiger partial charge is 0.354 e. The summed E-state index contributed by atoms with van der Waals surface area (Å²) in [6.07, 6.45) is 0. The SMILES string of the molecule is [N-]=[N+]=NCOC(=O)c1ccc(CON)[nH]1. The summed E-state index contributed by atoms with van der Waals surface area (Å²) in [6.45, 7) is -0.166. The summed E-state index contributed by atoms with van der Waals surface area (Å²) in [4.78, 5) is 20.8. The van der Waals surface area contributed by atoms with E-state index in [2.05, 4.69) is 24.6 Å². The van der Waals surface area contributed by atoms with Gasteiger partial charge in [0, 0.05) is 10.6 Å². The second-order valence-corrected chi connectivity index (χ2v) is 2.50. The number of carbonyl (C=O) groups excluding carboxylic acids is 1. The number of carbonyl (C=O) groups is 1. The van der Waals surface area contributed by atoms with Crippen LogP contribution in [-0.4, -0.2) is 17.7 Å². The molecule has 0 aromatic carbocycles. The zero-order chi connectivity index (χ0) is 11.1. The van der Waals surface area contributed by atoms with Crippen molar-refractivity contribution in [3.8, 4) is 0 Å². The summed E-state index contributed by atoms with van der Waals surface area (Å²) >= 11 is 0. The van der Waals surface area contributed by atoms with E-state index in [1.165, 1.54) is 6.07 Å². The van der Waals surface area contributed by atoms with E-state index in [0.717, 1.165) is 0 Å². The van der Waals surface area contributed by atoms with Gasteiger partial charge in [0.1, 0.15) is 12.3 Å². The van der Waals surface area contributed by atoms with Crippen molar-refractivity contribution in [1.29, 1.82) is 0 Å². The van der Waals surface area contributed by atoms with Crippen LogP contribution in [0.3, 0.4) is 0 Å². The predicted molar refractivity (Wildman–Crippen MR) is 49.2 cm³/mol. The summed E-state index contributed by atoms with van der Waals surface area (Å²) in [6, 6.07) is 3.16. The topological polar surface area (TPSA) is 126 Å². The van der Waals surface area contributed by atoms with Crippen molar-refractivity contribution in [2.45, 2.75) is 6.61 Å². The number of esters is 1. The quantitative estimate of drug-likeness (QED) is 0.246. The van der Waals surface area contributed by atoms with Gasteiger partial charge in [0.25, 0.3) is 0 Å². The van der Waals surface area contributed by atoms with E-state index in [-0.39, 0.29) is 19.0 Å². The first kappa shape index (κ1) is 11.1. The number of hydrogen-bond donors (Lipinski definition) is 2. The summed E-state index contributed by atoms with van der Waals surface area (Å²) in [5, 5.41) is 3.06. The number of nitrogens with one attached hydrogen (secondary N) is 1. The van der Waals surface area contributed by atoms with E-state index < -0.39 is 5.97 Å². The summed E-state index contributed by atoms with van der Waals surface area (Å²) in [5.41, 5.74) is 8.84. The fourth-order valence-corrected chi connectivity index (χ4v) is 0.924. The molecule has 0 aliphatic rings. The molecule has 0 unspecified atom stereocenters. The first-order valence-corrected chi connectivity index (χ1v) is 3.95. The van der Waals surface area contributed by atoms with Gasteiger partial charge in [-0.25, -0.2) is 10.7 Å². The number of rotatable bonds is 5. The van der Waals surface area contributed by atoms with Crippen molar-refractivity contribution < 1.29 is 14.4 Å². The number of aromatic amines is 1. The first-order chi connectivity index (χ1) is 7.27. The third kappa shape index (κ3) is 3.31. The van der Waals surface area contributed by atoms with Crippen LogP contribution in [0, 0.1) is 0 Å². The molecule has 0 spiro atoms. The van der Waals surface area contributed by atoms with E-state index in [4.69, 9.17) is 11.4 Å². The Morgan fingerprint density at radius 3 is 3.13 bits per heavy atom. The molecule has 0 radical (unpaired) electrons. The van der Waals surface area contributed by atoms with Crippen molar-refractivity contribution >= 4 is 5.97 Å². The molecule has 0 bridgehead atoms. The van der Waals surface area contributed by atoms with Crippen LogP contribution in [0.5, 0.6) is 0 Å². The van der Waals surface area contributed by atoms with Gasteiger partial charge in [-0.15, -0.1) is 0 Å². The molecule has 0 amide bonds. The van der Waals surface area contributed by atoms with Crippen molar-refractivity contribution in [3.05, 3.63) is 34.0 Å². The Balaban J connectivity index is 2.53. The van der Waals surface area contributed by atoms with Crippen LogP contribution < -0.4 is 5.90 Å². The molecule has 1 aromatic rings. The van der Waals surface area contributed by atoms with Gasteiger partial charge in [0.2, 0.25) is 0 Å². The third-order valence-electron chi connectivity index (χ3n) is 1.52. The highest BCUT2D eigenvalue weighted by atomic mass is 16.6. The Labute approximate surface area is 84.6 Å². The lowest BCUT2D eigenvalue weighted by Gasteiger charge is -1.98. The molecule has 0 saturated carbocycles. The highest BCUT2D eigenvalue weighted by Gasteiger charge is 2.08. The van der Waals surface area contributed by atoms with Crippen LogP contribution in [0.2, 0.25) is 0 Å². The van der Waals surface area contributed by atoms with Crippen molar-refractivity contribution in [2.75, 3.05) is 6.73 Å². The number of nitrogens with two attached hydrogens (primary N) is 1. The van der Waals surface area contributed by atoms with Crippen LogP contribution in [-0.2, 0) is 16.2 Å². The number of nitrogens with zero attached hydrogens (tertiary/aromatic N) is 3. The minimum Gasteiger partial charge on any atom is -0.455 e. The molecular weight excluding hydrogens is 202 g/mol. The zero-order valence-corrected chi connectivity index (χ0v) is 7.71. The van der Waals surface area contributed by atoms with E-state index in [1.54, 1.807) is 6.07 Å². The van der Waals surface area contributed by atoms with Crippen LogP contribution in [0.4, 0.5) is 0 Å². The lowest BCUT2D eigenvalue weighted by molar-refractivity contribution is 0.0508. The molecule has 15 heavy (non-hydrogen) atoms. The molecule has 0 aliphatic carbocycles. The maximum Gasteiger partial charge on any atom is 0.354 e. The molecule has 0 fully saturated rings. The third-order valence-corrected chi connectivity index (χ3v) is 1.52. The first-order valence-electron chi connectivity index (χ1n) is 3.95. The largest absolute Gasteiger partial charge is 0.455 e. The Morgan fingerprint density at radius 2 is 2.47 bits per heavy atom. The Bertz CT molecular complexity index is 382. The van der Waals surface area contributed by atoms with Gasteiger partial charge in [0.05, 0.1) is 0 Å². The predicted octanol–water partition coefficient (Wildman–Crippen LogP) is 0.830. The van der Waals surface area contributed by atoms with E-state index in [1.807, 2.05) is 0 Å². The standard InChI is InChI=1S/C7H9N5O3/c8-12-10-4-14-7(13)6-2-1-5(11-6)3-15-9/h1-2,11H,3-4,9H2. The van der Waals surface area contributed by atoms with E-state index in [0.29, 0.717) is 5.69 Å². The van der Waals surface area contributed by atoms with Crippen molar-refractivity contribution in [3.63, 3.8) is 0 Å². The minimum atomic E-state index is -0.606. The van der Waals surface area contributed by atoms with E-state index >= 15 is 0 Å². The van der Waals surface area contributed by atoms with Gasteiger partial charge in [-0.2, -0.15) is 0 Å². The molecule has 8 nitrogen and oxygen atoms in total. The normalized spacial score (nSPS) is 9.40. The van der Waals surface area contributed by atoms with Crippen LogP contribution in [0.1, 0.15) is 16.2 Å². The molecule has 0 aliphatic heterocycles. The Kier molecular flexibility index (Phi) is 4.17. The second kappa shape index (κ2) is 5.66. The van der Waals surface area contributed by atoms with Gasteiger partial charge < -0.3 is 9.72 Å². The van der Waals surface area contributed by atoms with Gasteiger partial charge in [-0.1, -0.05) is 5.11 Å². The van der Waals surface area contributed by atoms with Crippen LogP contribution >= 0.6 is 0 Å². The second-order valence-electron chi connectivity index (χ2n) is 2.50. The average molecular weight is 211 g/mol. The lowest BCUT2D eigenvalue weighted by atomic mass is 10.4. The number of ether oxygens (including phenoxy) is 1. The maximum absolute atomic E-state index is 11.2. The molecule has 1 heterocycles. The molecule has 0 atom stereocenters. The van der Waals surface area contributed by atoms with Crippen LogP contribution in [0.15, 0.2) is 17.2 Å². The number of hydrogen-bond acceptors (Lipinski definition) is 5. The Morgan fingerprint density at radius 1 is 1.67 bits per heavy atom. The molecule has 3 N–H and O–H groups in total. The maximum atomic E-state index is 11.2. The number of aromatic nitrogens is 1. The molecular formula is C7H9N5O3. The molecule has 8 heteroatoms. The average Bonchev–Trinajstić information content (AvgIpc) is 2.67. The van der Waals surface area contributed by atoms with Gasteiger partial charge in [-0.05, 0) is 17.7 Å². The molecule has 1 rings (SSSR count). The molecule has 1 aromatic heterocycles. The lowest BCUT2D eigenvalue weighted by Crippen LogP contribution is -2.06. The zero-order valence-electron chi connectivity index (χ0n) is 7.71. The monoisotopic (exact) mass is 211 g/mol. The highest BCUT2D eigenvalue weighted by Crippen LogP contribution is 2.04. The van der Waals surface area contributed by atoms with Crippen molar-refractivity contribution in [1.82, 2.24) is 4.98 Å². The number of H-pyrrole nitrogens is 1. The van der Waals surface area contributed by atoms with Crippen molar-refractivity contribution in [2.24, 2.45) is 11.0 Å². The minimum absolute atomic E-state index is 0.170. The highest BCUT2D eigenvalue weighted by molar-refractivity contribution is 5.87. The van der Waals surface area contributed by atoms with Crippen LogP contribution in [0.25, 0.3) is 10.4 Å². The number of azide groups is 1. The fraction of sp³-hybridized carbons (Fsp3) is 0.286. The Hall–Kier alpha value is -2.02. The van der Waals surface area contributed by atoms with Gasteiger partial charge in [-0.3, -0.25) is 4.84 Å². The molecule has 0 saturated heterocycles. The summed E-state index contributed by atoms with van der Waals surface area (Å²) < 4.78 is 4.60.